The first-order valence-electron chi connectivity index (χ1n) is 6.90. The Kier molecular flexibility index (Phi) is 2.94. The van der Waals surface area contributed by atoms with E-state index in [-0.39, 0.29) is 11.2 Å². The predicted octanol–water partition coefficient (Wildman–Crippen LogP) is 1.35. The van der Waals surface area contributed by atoms with Crippen molar-refractivity contribution in [3.8, 4) is 0 Å². The molecule has 0 saturated carbocycles. The molecule has 4 rings (SSSR count). The monoisotopic (exact) mass is 312 g/mol. The molecule has 0 radical (unpaired) electrons. The Bertz CT molecular complexity index is 722. The van der Waals surface area contributed by atoms with Crippen molar-refractivity contribution in [2.45, 2.75) is 44.2 Å². The van der Waals surface area contributed by atoms with Crippen LogP contribution in [0.3, 0.4) is 0 Å². The third-order valence-corrected chi connectivity index (χ3v) is 3.87. The summed E-state index contributed by atoms with van der Waals surface area (Å²) in [6.07, 6.45) is -0.00217. The number of hydrogen-bond donors (Lipinski definition) is 0. The molecule has 0 N–H and O–H groups in total. The lowest BCUT2D eigenvalue weighted by atomic mass is 10.1. The molecule has 0 bridgehead atoms. The lowest BCUT2D eigenvalue weighted by Gasteiger charge is -2.23. The molecule has 2 aromatic rings. The Balaban J connectivity index is 1.77. The molecule has 2 fully saturated rings. The minimum atomic E-state index is -0.832. The van der Waals surface area contributed by atoms with Gasteiger partial charge in [-0.2, -0.15) is 4.39 Å². The number of alkyl halides is 1. The number of rotatable bonds is 2. The number of ether oxygens (including phenoxy) is 3. The van der Waals surface area contributed by atoms with Crippen molar-refractivity contribution in [2.75, 3.05) is 6.67 Å². The molecule has 4 heterocycles. The van der Waals surface area contributed by atoms with E-state index in [1.165, 1.54) is 10.9 Å². The van der Waals surface area contributed by atoms with Crippen molar-refractivity contribution in [3.05, 3.63) is 18.6 Å². The van der Waals surface area contributed by atoms with Gasteiger partial charge in [0.05, 0.1) is 6.33 Å². The van der Waals surface area contributed by atoms with Crippen LogP contribution in [0.1, 0.15) is 20.1 Å². The van der Waals surface area contributed by atoms with Gasteiger partial charge in [0.2, 0.25) is 5.95 Å². The predicted molar refractivity (Wildman–Crippen MR) is 69.0 cm³/mol. The van der Waals surface area contributed by atoms with Crippen LogP contribution in [-0.4, -0.2) is 50.3 Å². The zero-order valence-electron chi connectivity index (χ0n) is 11.9. The van der Waals surface area contributed by atoms with Crippen LogP contribution in [0.4, 0.5) is 8.78 Å². The fourth-order valence-corrected chi connectivity index (χ4v) is 3.02. The first-order chi connectivity index (χ1) is 10.5. The van der Waals surface area contributed by atoms with E-state index in [2.05, 4.69) is 15.0 Å². The largest absolute Gasteiger partial charge is 0.346 e. The van der Waals surface area contributed by atoms with Crippen molar-refractivity contribution >= 4 is 11.2 Å². The molecule has 7 nitrogen and oxygen atoms in total. The van der Waals surface area contributed by atoms with E-state index >= 15 is 0 Å². The Morgan fingerprint density at radius 2 is 2.00 bits per heavy atom. The van der Waals surface area contributed by atoms with Gasteiger partial charge in [0.1, 0.15) is 31.3 Å². The van der Waals surface area contributed by atoms with Crippen LogP contribution >= 0.6 is 0 Å². The molecule has 2 aromatic heterocycles. The summed E-state index contributed by atoms with van der Waals surface area (Å²) in [5, 5.41) is 0. The minimum absolute atomic E-state index is 0.0320. The van der Waals surface area contributed by atoms with E-state index in [1.807, 2.05) is 0 Å². The highest BCUT2D eigenvalue weighted by molar-refractivity contribution is 5.69. The summed E-state index contributed by atoms with van der Waals surface area (Å²) in [6, 6.07) is 0. The highest BCUT2D eigenvalue weighted by atomic mass is 19.1. The van der Waals surface area contributed by atoms with Crippen LogP contribution in [0.15, 0.2) is 12.7 Å². The molecule has 118 valence electrons. The van der Waals surface area contributed by atoms with E-state index in [9.17, 15) is 8.78 Å². The summed E-state index contributed by atoms with van der Waals surface area (Å²) in [5.41, 5.74) is 0.300. The first kappa shape index (κ1) is 13.9. The third-order valence-electron chi connectivity index (χ3n) is 3.87. The average molecular weight is 312 g/mol. The number of fused-ring (bicyclic) bond motifs is 2. The number of imidazole rings is 1. The highest BCUT2D eigenvalue weighted by Gasteiger charge is 2.56. The van der Waals surface area contributed by atoms with Gasteiger partial charge in [0, 0.05) is 0 Å². The quantitative estimate of drug-likeness (QED) is 0.780. The summed E-state index contributed by atoms with van der Waals surface area (Å²) < 4.78 is 45.6. The molecular weight excluding hydrogens is 298 g/mol. The van der Waals surface area contributed by atoms with Gasteiger partial charge in [-0.25, -0.2) is 19.3 Å². The van der Waals surface area contributed by atoms with Crippen LogP contribution in [0, 0.1) is 5.95 Å². The molecule has 2 aliphatic rings. The fraction of sp³-hybridized carbons (Fsp3) is 0.615. The van der Waals surface area contributed by atoms with Crippen LogP contribution in [0.2, 0.25) is 0 Å². The summed E-state index contributed by atoms with van der Waals surface area (Å²) in [5.74, 6) is -1.55. The van der Waals surface area contributed by atoms with Crippen molar-refractivity contribution in [1.29, 1.82) is 0 Å². The smallest absolute Gasteiger partial charge is 0.244 e. The molecule has 22 heavy (non-hydrogen) atoms. The minimum Gasteiger partial charge on any atom is -0.346 e. The Morgan fingerprint density at radius 1 is 1.23 bits per heavy atom. The van der Waals surface area contributed by atoms with Crippen molar-refractivity contribution in [3.63, 3.8) is 0 Å². The van der Waals surface area contributed by atoms with Crippen molar-refractivity contribution in [2.24, 2.45) is 0 Å². The van der Waals surface area contributed by atoms with Gasteiger partial charge in [-0.05, 0) is 13.8 Å². The number of halogens is 2. The lowest BCUT2D eigenvalue weighted by Crippen LogP contribution is -2.30. The van der Waals surface area contributed by atoms with Crippen LogP contribution in [-0.2, 0) is 14.2 Å². The third kappa shape index (κ3) is 1.93. The molecule has 0 spiro atoms. The van der Waals surface area contributed by atoms with Crippen molar-refractivity contribution < 1.29 is 23.0 Å². The molecule has 0 amide bonds. The topological polar surface area (TPSA) is 71.3 Å². The first-order valence-corrected chi connectivity index (χ1v) is 6.90. The SMILES string of the molecule is CC1(C)O[C@@H]2[C@H](O1)[C@@H](CF)O[C@H]2n1cnc2c(F)ncnc21. The maximum absolute atomic E-state index is 13.6. The van der Waals surface area contributed by atoms with E-state index in [0.717, 1.165) is 6.33 Å². The second-order valence-electron chi connectivity index (χ2n) is 5.77. The van der Waals surface area contributed by atoms with Gasteiger partial charge in [-0.1, -0.05) is 0 Å². The van der Waals surface area contributed by atoms with Crippen LogP contribution in [0.5, 0.6) is 0 Å². The molecule has 0 aliphatic carbocycles. The summed E-state index contributed by atoms with van der Waals surface area (Å²) in [7, 11) is 0. The van der Waals surface area contributed by atoms with Gasteiger partial charge in [-0.3, -0.25) is 4.57 Å². The molecular formula is C13H14F2N4O3. The summed E-state index contributed by atoms with van der Waals surface area (Å²) in [6.45, 7) is 2.81. The second-order valence-corrected chi connectivity index (χ2v) is 5.77. The van der Waals surface area contributed by atoms with Gasteiger partial charge in [0.25, 0.3) is 0 Å². The Labute approximate surface area is 124 Å². The van der Waals surface area contributed by atoms with Gasteiger partial charge >= 0.3 is 0 Å². The number of hydrogen-bond acceptors (Lipinski definition) is 6. The maximum atomic E-state index is 13.6. The molecule has 4 atom stereocenters. The number of aromatic nitrogens is 4. The van der Waals surface area contributed by atoms with Crippen LogP contribution in [0.25, 0.3) is 11.2 Å². The van der Waals surface area contributed by atoms with E-state index in [1.54, 1.807) is 13.8 Å². The molecule has 9 heteroatoms. The van der Waals surface area contributed by atoms with Gasteiger partial charge < -0.3 is 14.2 Å². The molecule has 0 unspecified atom stereocenters. The maximum Gasteiger partial charge on any atom is 0.244 e. The van der Waals surface area contributed by atoms with Gasteiger partial charge in [0.15, 0.2) is 23.2 Å². The lowest BCUT2D eigenvalue weighted by molar-refractivity contribution is -0.197. The molecule has 2 aliphatic heterocycles. The van der Waals surface area contributed by atoms with E-state index in [0.29, 0.717) is 0 Å². The Hall–Kier alpha value is -1.71. The average Bonchev–Trinajstić information content (AvgIpc) is 3.10. The molecule has 2 saturated heterocycles. The standard InChI is InChI=1S/C13H14F2N4O3/c1-13(2)21-8-6(3-14)20-12(9(8)22-13)19-5-18-7-10(15)16-4-17-11(7)19/h4-6,8-9,12H,3H2,1-2H3/t6-,8-,9-,12-/m1/s1. The van der Waals surface area contributed by atoms with Crippen molar-refractivity contribution in [1.82, 2.24) is 19.5 Å². The van der Waals surface area contributed by atoms with E-state index in [4.69, 9.17) is 14.2 Å². The summed E-state index contributed by atoms with van der Waals surface area (Å²) in [4.78, 5) is 11.4. The normalized spacial score (nSPS) is 33.5. The zero-order chi connectivity index (χ0) is 15.5. The zero-order valence-corrected chi connectivity index (χ0v) is 11.9. The molecule has 0 aromatic carbocycles. The van der Waals surface area contributed by atoms with Gasteiger partial charge in [-0.15, -0.1) is 0 Å². The highest BCUT2D eigenvalue weighted by Crippen LogP contribution is 2.43. The second kappa shape index (κ2) is 4.64. The fourth-order valence-electron chi connectivity index (χ4n) is 3.02. The number of nitrogens with zero attached hydrogens (tertiary/aromatic N) is 4. The van der Waals surface area contributed by atoms with Crippen LogP contribution < -0.4 is 0 Å². The Morgan fingerprint density at radius 3 is 2.77 bits per heavy atom. The summed E-state index contributed by atoms with van der Waals surface area (Å²) >= 11 is 0. The van der Waals surface area contributed by atoms with E-state index < -0.39 is 42.9 Å².